The number of alkyl halides is 3. The maximum atomic E-state index is 12.7. The van der Waals surface area contributed by atoms with E-state index in [2.05, 4.69) is 10.2 Å². The number of nitrogens with zero attached hydrogens (tertiary/aromatic N) is 3. The number of aromatic nitrogens is 3. The van der Waals surface area contributed by atoms with E-state index >= 15 is 0 Å². The van der Waals surface area contributed by atoms with Gasteiger partial charge in [0.1, 0.15) is 5.69 Å². The van der Waals surface area contributed by atoms with E-state index in [4.69, 9.17) is 33.3 Å². The maximum absolute atomic E-state index is 12.7. The Kier molecular flexibility index (Phi) is 4.62. The molecule has 0 unspecified atom stereocenters. The third-order valence-electron chi connectivity index (χ3n) is 2.56. The molecule has 0 bridgehead atoms. The van der Waals surface area contributed by atoms with Gasteiger partial charge in [0, 0.05) is 0 Å². The van der Waals surface area contributed by atoms with Gasteiger partial charge in [-0.25, -0.2) is 0 Å². The molecule has 0 fully saturated rings. The summed E-state index contributed by atoms with van der Waals surface area (Å²) in [6.45, 7) is 1.97. The van der Waals surface area contributed by atoms with Crippen molar-refractivity contribution < 1.29 is 17.9 Å². The molecule has 0 saturated carbocycles. The largest absolute Gasteiger partial charge is 0.477 e. The minimum absolute atomic E-state index is 0.00752. The molecule has 22 heavy (non-hydrogen) atoms. The fourth-order valence-corrected chi connectivity index (χ4v) is 2.25. The molecular formula is C12H9Cl2F3N4O. The second-order valence-corrected chi connectivity index (χ2v) is 4.88. The Morgan fingerprint density at radius 2 is 1.91 bits per heavy atom. The van der Waals surface area contributed by atoms with Crippen molar-refractivity contribution in [3.63, 3.8) is 0 Å². The Hall–Kier alpha value is -1.80. The number of nitrogens with one attached hydrogen (secondary N) is 1. The lowest BCUT2D eigenvalue weighted by molar-refractivity contribution is -0.137. The molecule has 0 aliphatic rings. The zero-order chi connectivity index (χ0) is 16.5. The fourth-order valence-electron chi connectivity index (χ4n) is 1.61. The van der Waals surface area contributed by atoms with Gasteiger partial charge in [-0.15, -0.1) is 9.90 Å². The second kappa shape index (κ2) is 6.13. The summed E-state index contributed by atoms with van der Waals surface area (Å²) in [5, 5.41) is 14.8. The van der Waals surface area contributed by atoms with E-state index in [1.807, 2.05) is 0 Å². The van der Waals surface area contributed by atoms with E-state index < -0.39 is 11.7 Å². The van der Waals surface area contributed by atoms with Crippen molar-refractivity contribution in [2.75, 3.05) is 6.61 Å². The molecule has 0 amide bonds. The van der Waals surface area contributed by atoms with Gasteiger partial charge < -0.3 is 4.74 Å². The summed E-state index contributed by atoms with van der Waals surface area (Å²) in [4.78, 5) is 0.952. The molecule has 0 atom stereocenters. The number of ether oxygens (including phenoxy) is 1. The van der Waals surface area contributed by atoms with Gasteiger partial charge in [-0.1, -0.05) is 23.2 Å². The van der Waals surface area contributed by atoms with Crippen LogP contribution < -0.4 is 0 Å². The molecule has 0 radical (unpaired) electrons. The van der Waals surface area contributed by atoms with Gasteiger partial charge in [-0.05, 0) is 19.1 Å². The Bertz CT molecular complexity index is 692. The van der Waals surface area contributed by atoms with E-state index in [1.165, 1.54) is 6.20 Å². The Labute approximate surface area is 133 Å². The molecule has 1 heterocycles. The minimum Gasteiger partial charge on any atom is -0.477 e. The van der Waals surface area contributed by atoms with Crippen LogP contribution in [0.15, 0.2) is 18.3 Å². The summed E-state index contributed by atoms with van der Waals surface area (Å²) in [5.74, 6) is -0.215. The molecule has 1 N–H and O–H groups in total. The molecule has 0 saturated heterocycles. The molecule has 0 aliphatic carbocycles. The first kappa shape index (κ1) is 16.6. The van der Waals surface area contributed by atoms with E-state index in [0.29, 0.717) is 0 Å². The van der Waals surface area contributed by atoms with Crippen LogP contribution in [-0.2, 0) is 10.9 Å². The first-order chi connectivity index (χ1) is 10.2. The second-order valence-electron chi connectivity index (χ2n) is 4.07. The summed E-state index contributed by atoms with van der Waals surface area (Å²) >= 11 is 11.7. The highest BCUT2D eigenvalue weighted by atomic mass is 35.5. The number of rotatable bonds is 3. The highest BCUT2D eigenvalue weighted by Gasteiger charge is 2.32. The average molecular weight is 353 g/mol. The molecule has 5 nitrogen and oxygen atoms in total. The van der Waals surface area contributed by atoms with Gasteiger partial charge in [0.25, 0.3) is 0 Å². The molecule has 10 heteroatoms. The van der Waals surface area contributed by atoms with Crippen LogP contribution in [0.2, 0.25) is 10.0 Å². The van der Waals surface area contributed by atoms with Crippen molar-refractivity contribution in [1.29, 1.82) is 5.41 Å². The van der Waals surface area contributed by atoms with Gasteiger partial charge in [0.05, 0.1) is 28.4 Å². The van der Waals surface area contributed by atoms with Crippen LogP contribution in [-0.4, -0.2) is 27.5 Å². The fraction of sp³-hybridized carbons (Fsp3) is 0.250. The standard InChI is InChI=1S/C12H9Cl2F3N4O/c1-2-22-11(18)9-5-19-21(20-9)10-7(13)3-6(4-8(10)14)12(15,16)17/h3-5,18H,2H2,1H3. The van der Waals surface area contributed by atoms with Crippen LogP contribution in [0, 0.1) is 5.41 Å². The summed E-state index contributed by atoms with van der Waals surface area (Å²) in [5.41, 5.74) is -0.874. The van der Waals surface area contributed by atoms with Crippen LogP contribution in [0.25, 0.3) is 5.69 Å². The summed E-state index contributed by atoms with van der Waals surface area (Å²) in [6.07, 6.45) is -3.34. The van der Waals surface area contributed by atoms with Gasteiger partial charge in [0.15, 0.2) is 5.69 Å². The van der Waals surface area contributed by atoms with Crippen molar-refractivity contribution in [2.24, 2.45) is 0 Å². The zero-order valence-corrected chi connectivity index (χ0v) is 12.6. The number of halogens is 5. The lowest BCUT2D eigenvalue weighted by atomic mass is 10.2. The average Bonchev–Trinajstić information content (AvgIpc) is 2.86. The quantitative estimate of drug-likeness (QED) is 0.671. The van der Waals surface area contributed by atoms with E-state index in [0.717, 1.165) is 16.9 Å². The van der Waals surface area contributed by atoms with Gasteiger partial charge in [-0.2, -0.15) is 18.3 Å². The third-order valence-corrected chi connectivity index (χ3v) is 3.13. The SMILES string of the molecule is CCOC(=N)c1cnn(-c2c(Cl)cc(C(F)(F)F)cc2Cl)n1. The first-order valence-electron chi connectivity index (χ1n) is 5.94. The van der Waals surface area contributed by atoms with Crippen molar-refractivity contribution in [1.82, 2.24) is 15.0 Å². The molecule has 2 aromatic rings. The molecule has 118 valence electrons. The van der Waals surface area contributed by atoms with Crippen LogP contribution in [0.1, 0.15) is 18.2 Å². The highest BCUT2D eigenvalue weighted by molar-refractivity contribution is 6.37. The van der Waals surface area contributed by atoms with Crippen molar-refractivity contribution in [3.05, 3.63) is 39.6 Å². The number of hydrogen-bond donors (Lipinski definition) is 1. The first-order valence-corrected chi connectivity index (χ1v) is 6.70. The van der Waals surface area contributed by atoms with Crippen LogP contribution >= 0.6 is 23.2 Å². The molecule has 2 rings (SSSR count). The van der Waals surface area contributed by atoms with E-state index in [1.54, 1.807) is 6.92 Å². The molecule has 0 spiro atoms. The Morgan fingerprint density at radius 1 is 1.32 bits per heavy atom. The Morgan fingerprint density at radius 3 is 2.41 bits per heavy atom. The van der Waals surface area contributed by atoms with E-state index in [9.17, 15) is 13.2 Å². The summed E-state index contributed by atoms with van der Waals surface area (Å²) in [7, 11) is 0. The summed E-state index contributed by atoms with van der Waals surface area (Å²) in [6, 6.07) is 1.47. The third kappa shape index (κ3) is 3.33. The minimum atomic E-state index is -4.56. The van der Waals surface area contributed by atoms with Gasteiger partial charge in [0.2, 0.25) is 5.90 Å². The van der Waals surface area contributed by atoms with Crippen molar-refractivity contribution in [3.8, 4) is 5.69 Å². The smallest absolute Gasteiger partial charge is 0.416 e. The van der Waals surface area contributed by atoms with Crippen LogP contribution in [0.5, 0.6) is 0 Å². The lowest BCUT2D eigenvalue weighted by Gasteiger charge is -2.11. The predicted molar refractivity (Wildman–Crippen MR) is 74.8 cm³/mol. The number of hydrogen-bond acceptors (Lipinski definition) is 4. The summed E-state index contributed by atoms with van der Waals surface area (Å²) < 4.78 is 43.0. The molecule has 0 aliphatic heterocycles. The van der Waals surface area contributed by atoms with Crippen molar-refractivity contribution in [2.45, 2.75) is 13.1 Å². The monoisotopic (exact) mass is 352 g/mol. The lowest BCUT2D eigenvalue weighted by Crippen LogP contribution is -2.09. The van der Waals surface area contributed by atoms with Gasteiger partial charge in [-0.3, -0.25) is 5.41 Å². The highest BCUT2D eigenvalue weighted by Crippen LogP contribution is 2.37. The van der Waals surface area contributed by atoms with Crippen molar-refractivity contribution >= 4 is 29.1 Å². The van der Waals surface area contributed by atoms with Crippen LogP contribution in [0.3, 0.4) is 0 Å². The van der Waals surface area contributed by atoms with Crippen LogP contribution in [0.4, 0.5) is 13.2 Å². The Balaban J connectivity index is 2.44. The molecule has 1 aromatic heterocycles. The number of benzene rings is 1. The maximum Gasteiger partial charge on any atom is 0.416 e. The van der Waals surface area contributed by atoms with Gasteiger partial charge >= 0.3 is 6.18 Å². The predicted octanol–water partition coefficient (Wildman–Crippen LogP) is 3.95. The molecular weight excluding hydrogens is 344 g/mol. The van der Waals surface area contributed by atoms with E-state index in [-0.39, 0.29) is 33.9 Å². The topological polar surface area (TPSA) is 63.8 Å². The molecule has 1 aromatic carbocycles. The zero-order valence-electron chi connectivity index (χ0n) is 11.1. The normalized spacial score (nSPS) is 11.5.